The number of hydrogen-bond donors (Lipinski definition) is 0. The highest BCUT2D eigenvalue weighted by Gasteiger charge is 2.30. The summed E-state index contributed by atoms with van der Waals surface area (Å²) in [5.74, 6) is -0.0321. The van der Waals surface area contributed by atoms with Crippen LogP contribution in [0, 0.1) is 0 Å². The van der Waals surface area contributed by atoms with E-state index in [-0.39, 0.29) is 11.7 Å². The lowest BCUT2D eigenvalue weighted by Crippen LogP contribution is -2.27. The first-order chi connectivity index (χ1) is 10.8. The van der Waals surface area contributed by atoms with Crippen LogP contribution < -0.4 is 0 Å². The van der Waals surface area contributed by atoms with Crippen LogP contribution in [0.5, 0.6) is 0 Å². The van der Waals surface area contributed by atoms with Crippen molar-refractivity contribution in [3.05, 3.63) is 41.9 Å². The zero-order chi connectivity index (χ0) is 17.0. The van der Waals surface area contributed by atoms with Crippen LogP contribution in [0.25, 0.3) is 0 Å². The van der Waals surface area contributed by atoms with Crippen LogP contribution in [-0.2, 0) is 24.6 Å². The minimum Gasteiger partial charge on any atom is -0.341 e. The van der Waals surface area contributed by atoms with Crippen LogP contribution in [0.4, 0.5) is 13.2 Å². The van der Waals surface area contributed by atoms with Gasteiger partial charge in [0.25, 0.3) is 0 Å². The molecule has 124 valence electrons. The number of aromatic nitrogens is 3. The van der Waals surface area contributed by atoms with Crippen molar-refractivity contribution in [2.45, 2.75) is 17.7 Å². The molecule has 2 aromatic rings. The van der Waals surface area contributed by atoms with Gasteiger partial charge in [-0.05, 0) is 12.1 Å². The molecule has 0 aromatic carbocycles. The largest absolute Gasteiger partial charge is 0.417 e. The van der Waals surface area contributed by atoms with E-state index in [2.05, 4.69) is 10.1 Å². The number of rotatable bonds is 5. The van der Waals surface area contributed by atoms with Gasteiger partial charge in [-0.15, -0.1) is 0 Å². The first kappa shape index (κ1) is 17.3. The fraction of sp³-hybridized carbons (Fsp3) is 0.357. The SMILES string of the molecule is CN(Cc1cnn(C)c1)C(=O)CSc1ccc(C(F)(F)F)cn1. The fourth-order valence-electron chi connectivity index (χ4n) is 1.79. The molecular formula is C14H15F3N4OS. The molecule has 0 aliphatic carbocycles. The molecule has 1 amide bonds. The Morgan fingerprint density at radius 1 is 1.35 bits per heavy atom. The Morgan fingerprint density at radius 3 is 2.61 bits per heavy atom. The molecule has 0 bridgehead atoms. The van der Waals surface area contributed by atoms with Gasteiger partial charge in [0.2, 0.25) is 5.91 Å². The standard InChI is InChI=1S/C14H15F3N4OS/c1-20(7-10-5-19-21(2)8-10)13(22)9-23-12-4-3-11(6-18-12)14(15,16)17/h3-6,8H,7,9H2,1-2H3. The molecule has 2 heterocycles. The minimum absolute atomic E-state index is 0.106. The summed E-state index contributed by atoms with van der Waals surface area (Å²) < 4.78 is 38.9. The number of nitrogens with zero attached hydrogens (tertiary/aromatic N) is 4. The van der Waals surface area contributed by atoms with Gasteiger partial charge < -0.3 is 4.90 Å². The Hall–Kier alpha value is -2.03. The van der Waals surface area contributed by atoms with Gasteiger partial charge in [-0.3, -0.25) is 9.48 Å². The van der Waals surface area contributed by atoms with E-state index in [9.17, 15) is 18.0 Å². The third-order valence-corrected chi connectivity index (χ3v) is 3.94. The highest BCUT2D eigenvalue weighted by atomic mass is 32.2. The van der Waals surface area contributed by atoms with E-state index >= 15 is 0 Å². The average Bonchev–Trinajstić information content (AvgIpc) is 2.89. The van der Waals surface area contributed by atoms with Crippen LogP contribution in [-0.4, -0.2) is 38.4 Å². The van der Waals surface area contributed by atoms with Crippen LogP contribution >= 0.6 is 11.8 Å². The molecule has 0 aliphatic heterocycles. The van der Waals surface area contributed by atoms with Gasteiger partial charge in [-0.25, -0.2) is 4.98 Å². The molecule has 0 N–H and O–H groups in total. The van der Waals surface area contributed by atoms with E-state index in [0.717, 1.165) is 29.6 Å². The van der Waals surface area contributed by atoms with E-state index in [1.165, 1.54) is 11.0 Å². The van der Waals surface area contributed by atoms with Gasteiger partial charge in [-0.1, -0.05) is 11.8 Å². The van der Waals surface area contributed by atoms with Crippen molar-refractivity contribution >= 4 is 17.7 Å². The molecule has 5 nitrogen and oxygen atoms in total. The Balaban J connectivity index is 1.86. The molecule has 0 saturated heterocycles. The first-order valence-electron chi connectivity index (χ1n) is 6.63. The van der Waals surface area contributed by atoms with Crippen molar-refractivity contribution in [2.24, 2.45) is 7.05 Å². The lowest BCUT2D eigenvalue weighted by Gasteiger charge is -2.15. The van der Waals surface area contributed by atoms with Crippen molar-refractivity contribution in [3.63, 3.8) is 0 Å². The van der Waals surface area contributed by atoms with Crippen molar-refractivity contribution < 1.29 is 18.0 Å². The lowest BCUT2D eigenvalue weighted by molar-refractivity contribution is -0.138. The maximum atomic E-state index is 12.4. The summed E-state index contributed by atoms with van der Waals surface area (Å²) in [5, 5.41) is 4.40. The van der Waals surface area contributed by atoms with Crippen LogP contribution in [0.3, 0.4) is 0 Å². The van der Waals surface area contributed by atoms with Crippen molar-refractivity contribution in [1.29, 1.82) is 0 Å². The second-order valence-corrected chi connectivity index (χ2v) is 5.94. The Morgan fingerprint density at radius 2 is 2.09 bits per heavy atom. The summed E-state index contributed by atoms with van der Waals surface area (Å²) >= 11 is 1.10. The zero-order valence-corrected chi connectivity index (χ0v) is 13.4. The number of thioether (sulfide) groups is 1. The number of aryl methyl sites for hydroxylation is 1. The van der Waals surface area contributed by atoms with E-state index < -0.39 is 11.7 Å². The Labute approximate surface area is 135 Å². The van der Waals surface area contributed by atoms with Gasteiger partial charge in [0.05, 0.1) is 22.5 Å². The number of hydrogen-bond acceptors (Lipinski definition) is 4. The maximum Gasteiger partial charge on any atom is 0.417 e. The molecule has 0 unspecified atom stereocenters. The van der Waals surface area contributed by atoms with Crippen molar-refractivity contribution in [3.8, 4) is 0 Å². The molecule has 23 heavy (non-hydrogen) atoms. The Bertz CT molecular complexity index is 669. The summed E-state index contributed by atoms with van der Waals surface area (Å²) in [5.41, 5.74) is 0.0999. The summed E-state index contributed by atoms with van der Waals surface area (Å²) in [6.07, 6.45) is -0.148. The molecule has 9 heteroatoms. The maximum absolute atomic E-state index is 12.4. The van der Waals surface area contributed by atoms with Crippen LogP contribution in [0.2, 0.25) is 0 Å². The summed E-state index contributed by atoms with van der Waals surface area (Å²) in [6.45, 7) is 0.424. The Kier molecular flexibility index (Phi) is 5.30. The van der Waals surface area contributed by atoms with Gasteiger partial charge >= 0.3 is 6.18 Å². The third kappa shape index (κ3) is 4.98. The lowest BCUT2D eigenvalue weighted by atomic mass is 10.3. The molecular weight excluding hydrogens is 329 g/mol. The van der Waals surface area contributed by atoms with E-state index in [1.54, 1.807) is 25.0 Å². The predicted molar refractivity (Wildman–Crippen MR) is 79.6 cm³/mol. The minimum atomic E-state index is -4.41. The van der Waals surface area contributed by atoms with Gasteiger partial charge in [0, 0.05) is 38.6 Å². The van der Waals surface area contributed by atoms with E-state index in [0.29, 0.717) is 11.6 Å². The van der Waals surface area contributed by atoms with Gasteiger partial charge in [0.1, 0.15) is 0 Å². The second kappa shape index (κ2) is 7.03. The zero-order valence-electron chi connectivity index (χ0n) is 12.5. The normalized spacial score (nSPS) is 11.5. The number of pyridine rings is 1. The highest BCUT2D eigenvalue weighted by Crippen LogP contribution is 2.29. The topological polar surface area (TPSA) is 51.0 Å². The molecule has 0 aliphatic rings. The highest BCUT2D eigenvalue weighted by molar-refractivity contribution is 7.99. The molecule has 2 rings (SSSR count). The van der Waals surface area contributed by atoms with Crippen molar-refractivity contribution in [1.82, 2.24) is 19.7 Å². The van der Waals surface area contributed by atoms with Gasteiger partial charge in [-0.2, -0.15) is 18.3 Å². The van der Waals surface area contributed by atoms with Gasteiger partial charge in [0.15, 0.2) is 0 Å². The quantitative estimate of drug-likeness (QED) is 0.783. The molecule has 0 saturated carbocycles. The summed E-state index contributed by atoms with van der Waals surface area (Å²) in [4.78, 5) is 17.3. The number of alkyl halides is 3. The van der Waals surface area contributed by atoms with E-state index in [4.69, 9.17) is 0 Å². The molecule has 0 spiro atoms. The average molecular weight is 344 g/mol. The number of amides is 1. The third-order valence-electron chi connectivity index (χ3n) is 3.01. The van der Waals surface area contributed by atoms with Crippen LogP contribution in [0.1, 0.15) is 11.1 Å². The van der Waals surface area contributed by atoms with E-state index in [1.807, 2.05) is 6.20 Å². The van der Waals surface area contributed by atoms with Crippen molar-refractivity contribution in [2.75, 3.05) is 12.8 Å². The number of carbonyl (C=O) groups is 1. The predicted octanol–water partition coefficient (Wildman–Crippen LogP) is 2.58. The summed E-state index contributed by atoms with van der Waals surface area (Å²) in [7, 11) is 3.45. The molecule has 0 radical (unpaired) electrons. The molecule has 0 atom stereocenters. The smallest absolute Gasteiger partial charge is 0.341 e. The number of halogens is 3. The van der Waals surface area contributed by atoms with Crippen LogP contribution in [0.15, 0.2) is 35.7 Å². The molecule has 2 aromatic heterocycles. The number of carbonyl (C=O) groups excluding carboxylic acids is 1. The molecule has 0 fully saturated rings. The fourth-order valence-corrected chi connectivity index (χ4v) is 2.58. The summed E-state index contributed by atoms with van der Waals surface area (Å²) in [6, 6.07) is 2.22. The monoisotopic (exact) mass is 344 g/mol. The first-order valence-corrected chi connectivity index (χ1v) is 7.62. The second-order valence-electron chi connectivity index (χ2n) is 4.94.